The SMILES string of the molecule is CSc1ccc(CCNCc2c(C(=O)O)n(Cc3ccc(Cl)cc3)c3ccccc23)cc1. The van der Waals surface area contributed by atoms with Crippen molar-refractivity contribution in [2.45, 2.75) is 24.4 Å². The first-order valence-electron chi connectivity index (χ1n) is 10.5. The molecule has 0 aliphatic rings. The van der Waals surface area contributed by atoms with Gasteiger partial charge in [0.25, 0.3) is 0 Å². The number of halogens is 1. The van der Waals surface area contributed by atoms with Crippen molar-refractivity contribution in [1.82, 2.24) is 9.88 Å². The molecule has 164 valence electrons. The van der Waals surface area contributed by atoms with Gasteiger partial charge in [0.05, 0.1) is 0 Å². The number of nitrogens with zero attached hydrogens (tertiary/aromatic N) is 1. The maximum atomic E-state index is 12.3. The first kappa shape index (κ1) is 22.5. The Kier molecular flexibility index (Phi) is 7.20. The lowest BCUT2D eigenvalue weighted by atomic mass is 10.1. The van der Waals surface area contributed by atoms with E-state index in [0.717, 1.165) is 35.0 Å². The van der Waals surface area contributed by atoms with Crippen LogP contribution in [0.1, 0.15) is 27.2 Å². The highest BCUT2D eigenvalue weighted by Crippen LogP contribution is 2.28. The van der Waals surface area contributed by atoms with Crippen LogP contribution in [0.3, 0.4) is 0 Å². The number of thioether (sulfide) groups is 1. The number of rotatable bonds is 9. The average Bonchev–Trinajstić information content (AvgIpc) is 3.12. The minimum absolute atomic E-state index is 0.331. The molecule has 0 amide bonds. The van der Waals surface area contributed by atoms with E-state index in [4.69, 9.17) is 11.6 Å². The standard InChI is InChI=1S/C26H25ClN2O2S/c1-32-21-12-8-18(9-13-21)14-15-28-16-23-22-4-2-3-5-24(22)29(25(23)26(30)31)17-19-6-10-20(27)11-7-19/h2-13,28H,14-17H2,1H3,(H,30,31). The number of nitrogens with one attached hydrogen (secondary N) is 1. The summed E-state index contributed by atoms with van der Waals surface area (Å²) in [7, 11) is 0. The van der Waals surface area contributed by atoms with Gasteiger partial charge in [0.1, 0.15) is 5.69 Å². The molecule has 32 heavy (non-hydrogen) atoms. The van der Waals surface area contributed by atoms with Crippen molar-refractivity contribution in [2.24, 2.45) is 0 Å². The van der Waals surface area contributed by atoms with Gasteiger partial charge >= 0.3 is 5.97 Å². The van der Waals surface area contributed by atoms with Crippen LogP contribution in [-0.2, 0) is 19.5 Å². The molecule has 0 saturated heterocycles. The lowest BCUT2D eigenvalue weighted by Gasteiger charge is -2.10. The molecule has 3 aromatic carbocycles. The smallest absolute Gasteiger partial charge is 0.352 e. The summed E-state index contributed by atoms with van der Waals surface area (Å²) in [5.41, 5.74) is 4.34. The molecule has 0 saturated carbocycles. The van der Waals surface area contributed by atoms with Gasteiger partial charge in [-0.1, -0.05) is 54.1 Å². The van der Waals surface area contributed by atoms with Crippen LogP contribution in [-0.4, -0.2) is 28.4 Å². The topological polar surface area (TPSA) is 54.3 Å². The number of benzene rings is 3. The Morgan fingerprint density at radius 3 is 2.38 bits per heavy atom. The van der Waals surface area contributed by atoms with Crippen molar-refractivity contribution < 1.29 is 9.90 Å². The van der Waals surface area contributed by atoms with E-state index in [2.05, 4.69) is 35.8 Å². The van der Waals surface area contributed by atoms with Gasteiger partial charge in [0, 0.05) is 39.5 Å². The summed E-state index contributed by atoms with van der Waals surface area (Å²) in [6.07, 6.45) is 2.96. The van der Waals surface area contributed by atoms with Crippen molar-refractivity contribution in [3.8, 4) is 0 Å². The van der Waals surface area contributed by atoms with Crippen LogP contribution in [0.2, 0.25) is 5.02 Å². The molecule has 0 aliphatic heterocycles. The van der Waals surface area contributed by atoms with Crippen molar-refractivity contribution in [1.29, 1.82) is 0 Å². The van der Waals surface area contributed by atoms with Gasteiger partial charge < -0.3 is 15.0 Å². The second kappa shape index (κ2) is 10.3. The van der Waals surface area contributed by atoms with Gasteiger partial charge in [-0.15, -0.1) is 11.8 Å². The number of hydrogen-bond acceptors (Lipinski definition) is 3. The largest absolute Gasteiger partial charge is 0.477 e. The molecule has 4 nitrogen and oxygen atoms in total. The minimum Gasteiger partial charge on any atom is -0.477 e. The van der Waals surface area contributed by atoms with Crippen LogP contribution in [0.5, 0.6) is 0 Å². The van der Waals surface area contributed by atoms with Crippen LogP contribution in [0.25, 0.3) is 10.9 Å². The predicted molar refractivity (Wildman–Crippen MR) is 133 cm³/mol. The van der Waals surface area contributed by atoms with Crippen molar-refractivity contribution in [3.05, 3.63) is 100 Å². The summed E-state index contributed by atoms with van der Waals surface area (Å²) in [5.74, 6) is -0.917. The quantitative estimate of drug-likeness (QED) is 0.232. The predicted octanol–water partition coefficient (Wildman–Crippen LogP) is 6.10. The maximum absolute atomic E-state index is 12.3. The third kappa shape index (κ3) is 5.01. The Balaban J connectivity index is 1.56. The molecule has 0 atom stereocenters. The molecular formula is C26H25ClN2O2S. The molecule has 6 heteroatoms. The number of carbonyl (C=O) groups is 1. The molecule has 4 rings (SSSR count). The summed E-state index contributed by atoms with van der Waals surface area (Å²) in [5, 5.41) is 15.2. The zero-order chi connectivity index (χ0) is 22.5. The molecule has 4 aromatic rings. The van der Waals surface area contributed by atoms with E-state index in [1.165, 1.54) is 10.5 Å². The van der Waals surface area contributed by atoms with E-state index < -0.39 is 5.97 Å². The maximum Gasteiger partial charge on any atom is 0.352 e. The Morgan fingerprint density at radius 1 is 1.00 bits per heavy atom. The van der Waals surface area contributed by atoms with E-state index in [0.29, 0.717) is 23.8 Å². The fourth-order valence-corrected chi connectivity index (χ4v) is 4.51. The molecule has 1 heterocycles. The molecule has 0 unspecified atom stereocenters. The number of para-hydroxylation sites is 1. The number of carboxylic acid groups (broad SMARTS) is 1. The van der Waals surface area contributed by atoms with E-state index in [1.54, 1.807) is 11.8 Å². The monoisotopic (exact) mass is 464 g/mol. The number of hydrogen-bond donors (Lipinski definition) is 2. The van der Waals surface area contributed by atoms with Crippen LogP contribution in [0, 0.1) is 0 Å². The molecule has 2 N–H and O–H groups in total. The van der Waals surface area contributed by atoms with E-state index in [-0.39, 0.29) is 0 Å². The Labute approximate surface area is 197 Å². The fraction of sp³-hybridized carbons (Fsp3) is 0.192. The first-order valence-corrected chi connectivity index (χ1v) is 12.1. The lowest BCUT2D eigenvalue weighted by molar-refractivity contribution is 0.0685. The highest BCUT2D eigenvalue weighted by molar-refractivity contribution is 7.98. The molecular weight excluding hydrogens is 440 g/mol. The summed E-state index contributed by atoms with van der Waals surface area (Å²) >= 11 is 7.75. The van der Waals surface area contributed by atoms with Crippen LogP contribution in [0.4, 0.5) is 0 Å². The summed E-state index contributed by atoms with van der Waals surface area (Å²) in [6, 6.07) is 24.0. The second-order valence-corrected chi connectivity index (χ2v) is 8.95. The Morgan fingerprint density at radius 2 is 1.69 bits per heavy atom. The number of fused-ring (bicyclic) bond motifs is 1. The summed E-state index contributed by atoms with van der Waals surface area (Å²) < 4.78 is 1.89. The van der Waals surface area contributed by atoms with Gasteiger partial charge in [-0.05, 0) is 60.7 Å². The molecule has 0 spiro atoms. The molecule has 0 bridgehead atoms. The summed E-state index contributed by atoms with van der Waals surface area (Å²) in [4.78, 5) is 13.6. The highest BCUT2D eigenvalue weighted by atomic mass is 35.5. The van der Waals surface area contributed by atoms with Gasteiger partial charge in [-0.2, -0.15) is 0 Å². The molecule has 0 aliphatic carbocycles. The third-order valence-electron chi connectivity index (χ3n) is 5.58. The van der Waals surface area contributed by atoms with Crippen LogP contribution >= 0.6 is 23.4 Å². The van der Waals surface area contributed by atoms with Crippen LogP contribution < -0.4 is 5.32 Å². The van der Waals surface area contributed by atoms with E-state index >= 15 is 0 Å². The van der Waals surface area contributed by atoms with Crippen molar-refractivity contribution in [2.75, 3.05) is 12.8 Å². The second-order valence-electron chi connectivity index (χ2n) is 7.64. The molecule has 0 fully saturated rings. The number of aromatic carboxylic acids is 1. The van der Waals surface area contributed by atoms with Crippen molar-refractivity contribution >= 4 is 40.2 Å². The Hall–Kier alpha value is -2.73. The zero-order valence-corrected chi connectivity index (χ0v) is 19.4. The van der Waals surface area contributed by atoms with E-state index in [9.17, 15) is 9.90 Å². The van der Waals surface area contributed by atoms with Gasteiger partial charge in [-0.25, -0.2) is 4.79 Å². The third-order valence-corrected chi connectivity index (χ3v) is 6.58. The minimum atomic E-state index is -0.917. The van der Waals surface area contributed by atoms with Crippen molar-refractivity contribution in [3.63, 3.8) is 0 Å². The number of aromatic nitrogens is 1. The lowest BCUT2D eigenvalue weighted by Crippen LogP contribution is -2.19. The number of carboxylic acids is 1. The van der Waals surface area contributed by atoms with Gasteiger partial charge in [-0.3, -0.25) is 0 Å². The average molecular weight is 465 g/mol. The first-order chi connectivity index (χ1) is 15.6. The highest BCUT2D eigenvalue weighted by Gasteiger charge is 2.22. The van der Waals surface area contributed by atoms with Gasteiger partial charge in [0.2, 0.25) is 0 Å². The fourth-order valence-electron chi connectivity index (χ4n) is 3.97. The summed E-state index contributed by atoms with van der Waals surface area (Å²) in [6.45, 7) is 1.74. The van der Waals surface area contributed by atoms with Gasteiger partial charge in [0.15, 0.2) is 0 Å². The zero-order valence-electron chi connectivity index (χ0n) is 17.8. The normalized spacial score (nSPS) is 11.2. The van der Waals surface area contributed by atoms with Crippen LogP contribution in [0.15, 0.2) is 77.7 Å². The molecule has 1 aromatic heterocycles. The molecule has 0 radical (unpaired) electrons. The van der Waals surface area contributed by atoms with E-state index in [1.807, 2.05) is 53.1 Å². The Bertz CT molecular complexity index is 1220.